The minimum atomic E-state index is -0.446. The molecule has 0 aliphatic carbocycles. The number of alkyl halides is 1. The third-order valence-corrected chi connectivity index (χ3v) is 12.0. The molecule has 9 rings (SSSR count). The summed E-state index contributed by atoms with van der Waals surface area (Å²) in [7, 11) is 0. The maximum absolute atomic E-state index is 12.2. The normalized spacial score (nSPS) is 9.84. The Morgan fingerprint density at radius 2 is 1.44 bits per heavy atom. The summed E-state index contributed by atoms with van der Waals surface area (Å²) in [6.45, 7) is 27.5. The molecule has 0 saturated heterocycles. The van der Waals surface area contributed by atoms with E-state index in [1.807, 2.05) is 102 Å². The molecule has 372 valence electrons. The zero-order valence-corrected chi connectivity index (χ0v) is 49.9. The molecule has 0 unspecified atom stereocenters. The Morgan fingerprint density at radius 1 is 0.786 bits per heavy atom. The quantitative estimate of drug-likeness (QED) is 0.105. The first kappa shape index (κ1) is 61.2. The van der Waals surface area contributed by atoms with Crippen molar-refractivity contribution < 1.29 is 89.3 Å². The van der Waals surface area contributed by atoms with Gasteiger partial charge in [-0.1, -0.05) is 75.0 Å². The Morgan fingerprint density at radius 3 is 1.97 bits per heavy atom. The van der Waals surface area contributed by atoms with E-state index in [9.17, 15) is 9.50 Å². The van der Waals surface area contributed by atoms with Crippen LogP contribution in [0.25, 0.3) is 38.3 Å². The van der Waals surface area contributed by atoms with Crippen LogP contribution in [0.15, 0.2) is 73.7 Å². The fourth-order valence-electron chi connectivity index (χ4n) is 6.32. The van der Waals surface area contributed by atoms with Crippen LogP contribution in [0.1, 0.15) is 61.1 Å². The molecule has 23 heteroatoms. The number of hydrogen-bond donors (Lipinski definition) is 1. The van der Waals surface area contributed by atoms with Crippen LogP contribution in [0.5, 0.6) is 5.75 Å². The number of aromatic hydroxyl groups is 1. The first-order valence-electron chi connectivity index (χ1n) is 20.5. The summed E-state index contributed by atoms with van der Waals surface area (Å²) in [6, 6.07) is 23.2. The van der Waals surface area contributed by atoms with E-state index in [1.165, 1.54) is 27.7 Å². The average Bonchev–Trinajstić information content (AvgIpc) is 4.18. The molecule has 9 aromatic rings. The molecular formula is C47H44FIr3N14ORhS3-3. The number of aryl methyl sites for hydroxylation is 8. The van der Waals surface area contributed by atoms with Crippen LogP contribution in [0.3, 0.4) is 0 Å². The summed E-state index contributed by atoms with van der Waals surface area (Å²) in [6.07, 6.45) is 12.6. The molecule has 0 spiro atoms. The number of benzene rings is 1. The van der Waals surface area contributed by atoms with E-state index in [2.05, 4.69) is 63.7 Å². The van der Waals surface area contributed by atoms with E-state index in [0.29, 0.717) is 41.5 Å². The monoisotopic (exact) mass is 1620 g/mol. The van der Waals surface area contributed by atoms with Crippen molar-refractivity contribution >= 4 is 45.6 Å². The van der Waals surface area contributed by atoms with Gasteiger partial charge in [0.15, 0.2) is 11.6 Å². The standard InChI is InChI=1S/C14H12FN4.C12H13N3OS.C12H12N3S.C9H7N4S.3Ir.Rh/c15-8-6-14-16-11-19(17-14)13-7-9-18(10-13)12-4-2-1-3-5-12;1-5-9-10(13-4)6-15(14-9)11-7(2)17-8(3)12(11)16;1-5-10-11(13-4)7-15(14-10)12-6-8(2)16-9(12)3;1-7-6-9(12-14-7)13-5-3-8(11-13)2-4-10;;;;/h1-5,9-11H,6,8H2;6,16H,5H2,1-3H3;7H,5H2,1-3H3;3,5H,2H2,1H3;;;;/q-1;;2*-1;;;;. The third-order valence-electron chi connectivity index (χ3n) is 9.49. The average molecular weight is 1620 g/mol. The minimum Gasteiger partial charge on any atom is -0.505 e. The van der Waals surface area contributed by atoms with Crippen LogP contribution in [0.4, 0.5) is 15.8 Å². The molecular weight excluding hydrogens is 1570 g/mol. The van der Waals surface area contributed by atoms with Crippen LogP contribution in [0, 0.1) is 77.3 Å². The smallest absolute Gasteiger partial charge is 0.227 e. The van der Waals surface area contributed by atoms with Crippen LogP contribution in [-0.4, -0.2) is 64.8 Å². The number of halogens is 1. The summed E-state index contributed by atoms with van der Waals surface area (Å²) < 4.78 is 24.9. The van der Waals surface area contributed by atoms with Crippen LogP contribution in [-0.2, 0) is 105 Å². The molecule has 8 aromatic heterocycles. The SMILES string of the molecule is Cc1[c-]c(-n2ccc(CC#N)n2)ns1.FCCc1ncn(-c2[c-]cn(-c3ccccc3)c2)n1.[C-]#[N+]c1cn(-c2[c-]c(C)sc2C)nc1CC.[C-]#[N+]c1cn(-c2c(C)sc(C)c2O)nc1CC.[Ir].[Ir].[Ir].[Rh]. The summed E-state index contributed by atoms with van der Waals surface area (Å²) in [5.74, 6) is 1.45. The number of rotatable bonds is 10. The van der Waals surface area contributed by atoms with Gasteiger partial charge in [0.25, 0.3) is 0 Å². The molecule has 8 heterocycles. The maximum atomic E-state index is 12.2. The first-order valence-corrected chi connectivity index (χ1v) is 22.9. The predicted octanol–water partition coefficient (Wildman–Crippen LogP) is 10.7. The molecule has 1 N–H and O–H groups in total. The van der Waals surface area contributed by atoms with Gasteiger partial charge >= 0.3 is 0 Å². The van der Waals surface area contributed by atoms with E-state index in [1.54, 1.807) is 55.0 Å². The van der Waals surface area contributed by atoms with Crippen molar-refractivity contribution in [2.24, 2.45) is 0 Å². The van der Waals surface area contributed by atoms with Gasteiger partial charge in [0, 0.05) is 120 Å². The molecule has 70 heavy (non-hydrogen) atoms. The fraction of sp³-hybridized carbons (Fsp3) is 0.255. The number of nitriles is 1. The zero-order valence-electron chi connectivity index (χ0n) is 38.6. The first-order chi connectivity index (χ1) is 31.9. The van der Waals surface area contributed by atoms with Crippen molar-refractivity contribution in [2.75, 3.05) is 6.67 Å². The Hall–Kier alpha value is -4.93. The molecule has 4 radical (unpaired) electrons. The molecule has 0 amide bonds. The summed E-state index contributed by atoms with van der Waals surface area (Å²) in [5.41, 5.74) is 7.05. The molecule has 0 saturated carbocycles. The minimum absolute atomic E-state index is 0. The Balaban J connectivity index is 0.000000316. The van der Waals surface area contributed by atoms with Crippen molar-refractivity contribution in [3.05, 3.63) is 162 Å². The van der Waals surface area contributed by atoms with Crippen molar-refractivity contribution in [1.82, 2.24) is 53.0 Å². The summed E-state index contributed by atoms with van der Waals surface area (Å²) in [5, 5.41) is 35.6. The molecule has 15 nitrogen and oxygen atoms in total. The van der Waals surface area contributed by atoms with Crippen molar-refractivity contribution in [3.8, 4) is 40.4 Å². The van der Waals surface area contributed by atoms with Crippen LogP contribution >= 0.6 is 34.2 Å². The number of nitrogens with zero attached hydrogens (tertiary/aromatic N) is 14. The van der Waals surface area contributed by atoms with Crippen LogP contribution in [0.2, 0.25) is 0 Å². The van der Waals surface area contributed by atoms with Gasteiger partial charge in [-0.25, -0.2) is 35.9 Å². The topological polar surface area (TPSA) is 155 Å². The fourth-order valence-corrected chi connectivity index (χ4v) is 8.60. The van der Waals surface area contributed by atoms with E-state index in [-0.39, 0.29) is 92.0 Å². The maximum Gasteiger partial charge on any atom is 0.227 e. The van der Waals surface area contributed by atoms with Gasteiger partial charge in [-0.05, 0) is 57.6 Å². The number of para-hydroxylation sites is 1. The number of aromatic nitrogens is 11. The third kappa shape index (κ3) is 15.5. The second-order valence-electron chi connectivity index (χ2n) is 14.2. The zero-order chi connectivity index (χ0) is 47.3. The van der Waals surface area contributed by atoms with Gasteiger partial charge in [0.05, 0.1) is 49.4 Å². The second kappa shape index (κ2) is 29.4. The van der Waals surface area contributed by atoms with E-state index in [4.69, 9.17) is 18.4 Å². The van der Waals surface area contributed by atoms with E-state index < -0.39 is 6.67 Å². The summed E-state index contributed by atoms with van der Waals surface area (Å²) in [4.78, 5) is 16.2. The van der Waals surface area contributed by atoms with E-state index in [0.717, 1.165) is 60.1 Å². The van der Waals surface area contributed by atoms with Gasteiger partial charge in [-0.2, -0.15) is 30.5 Å². The van der Waals surface area contributed by atoms with Crippen molar-refractivity contribution in [3.63, 3.8) is 0 Å². The largest absolute Gasteiger partial charge is 0.505 e. The molecule has 0 bridgehead atoms. The molecule has 1 aromatic carbocycles. The van der Waals surface area contributed by atoms with Gasteiger partial charge in [0.2, 0.25) is 11.4 Å². The van der Waals surface area contributed by atoms with Crippen molar-refractivity contribution in [2.45, 2.75) is 74.1 Å². The Kier molecular flexibility index (Phi) is 25.7. The second-order valence-corrected chi connectivity index (χ2v) is 18.0. The van der Waals surface area contributed by atoms with Crippen LogP contribution < -0.4 is 0 Å². The summed E-state index contributed by atoms with van der Waals surface area (Å²) >= 11 is 4.62. The Labute approximate surface area is 472 Å². The van der Waals surface area contributed by atoms with Gasteiger partial charge < -0.3 is 15.7 Å². The Bertz CT molecular complexity index is 3160. The molecule has 0 fully saturated rings. The number of hydrogen-bond acceptors (Lipinski definition) is 11. The van der Waals surface area contributed by atoms with Crippen molar-refractivity contribution in [1.29, 1.82) is 5.26 Å². The molecule has 0 atom stereocenters. The molecule has 0 aliphatic rings. The van der Waals surface area contributed by atoms with Gasteiger partial charge in [-0.15, -0.1) is 27.3 Å². The predicted molar refractivity (Wildman–Crippen MR) is 255 cm³/mol. The van der Waals surface area contributed by atoms with E-state index >= 15 is 0 Å². The number of thiophene rings is 2. The van der Waals surface area contributed by atoms with Gasteiger partial charge in [0.1, 0.15) is 12.0 Å². The molecule has 0 aliphatic heterocycles. The van der Waals surface area contributed by atoms with Gasteiger partial charge in [-0.3, -0.25) is 29.8 Å².